The Balaban J connectivity index is 2.28. The molecule has 0 atom stereocenters. The molecule has 1 rings (SSSR count). The minimum Gasteiger partial charge on any atom is -0.466 e. The maximum atomic E-state index is 11.1. The first-order valence-electron chi connectivity index (χ1n) is 6.09. The van der Waals surface area contributed by atoms with E-state index in [4.69, 9.17) is 4.74 Å². The lowest BCUT2D eigenvalue weighted by molar-refractivity contribution is -0.143. The third-order valence-electron chi connectivity index (χ3n) is 2.41. The third-order valence-corrected chi connectivity index (χ3v) is 2.41. The van der Waals surface area contributed by atoms with Crippen molar-refractivity contribution in [3.63, 3.8) is 0 Å². The van der Waals surface area contributed by atoms with E-state index >= 15 is 0 Å². The van der Waals surface area contributed by atoms with E-state index in [1.54, 1.807) is 0 Å². The summed E-state index contributed by atoms with van der Waals surface area (Å²) in [6.07, 6.45) is 1.28. The van der Waals surface area contributed by atoms with Gasteiger partial charge in [0.1, 0.15) is 0 Å². The monoisotopic (exact) mass is 235 g/mol. The number of nitrogens with one attached hydrogen (secondary N) is 1. The fourth-order valence-electron chi connectivity index (χ4n) is 1.78. The highest BCUT2D eigenvalue weighted by molar-refractivity contribution is 5.69. The summed E-state index contributed by atoms with van der Waals surface area (Å²) < 4.78 is 4.87. The molecule has 0 amide bonds. The Bertz CT molecular complexity index is 354. The van der Waals surface area contributed by atoms with Crippen LogP contribution in [0.2, 0.25) is 0 Å². The van der Waals surface area contributed by atoms with E-state index in [0.717, 1.165) is 18.7 Å². The van der Waals surface area contributed by atoms with Gasteiger partial charge >= 0.3 is 5.97 Å². The largest absolute Gasteiger partial charge is 0.466 e. The highest BCUT2D eigenvalue weighted by atomic mass is 16.5. The fraction of sp³-hybridized carbons (Fsp3) is 0.500. The van der Waals surface area contributed by atoms with Gasteiger partial charge in [-0.15, -0.1) is 0 Å². The molecule has 94 valence electrons. The van der Waals surface area contributed by atoms with Crippen LogP contribution in [-0.4, -0.2) is 19.1 Å². The van der Waals surface area contributed by atoms with E-state index in [9.17, 15) is 4.79 Å². The molecule has 17 heavy (non-hydrogen) atoms. The van der Waals surface area contributed by atoms with Gasteiger partial charge in [0.15, 0.2) is 0 Å². The summed E-state index contributed by atoms with van der Waals surface area (Å²) in [7, 11) is 0. The fourth-order valence-corrected chi connectivity index (χ4v) is 1.78. The van der Waals surface area contributed by atoms with Crippen molar-refractivity contribution >= 4 is 11.7 Å². The Morgan fingerprint density at radius 1 is 1.24 bits per heavy atom. The SMILES string of the molecule is CCOC(=O)CCCNc1cc(C)cc(C)c1. The average Bonchev–Trinajstić information content (AvgIpc) is 2.23. The normalized spacial score (nSPS) is 10.1. The van der Waals surface area contributed by atoms with Gasteiger partial charge in [-0.05, 0) is 50.5 Å². The van der Waals surface area contributed by atoms with Crippen molar-refractivity contribution in [2.45, 2.75) is 33.6 Å². The zero-order chi connectivity index (χ0) is 12.7. The molecule has 1 aromatic rings. The summed E-state index contributed by atoms with van der Waals surface area (Å²) in [6, 6.07) is 6.36. The molecule has 0 aliphatic heterocycles. The predicted molar refractivity (Wildman–Crippen MR) is 70.3 cm³/mol. The van der Waals surface area contributed by atoms with Crippen LogP contribution in [0.25, 0.3) is 0 Å². The second-order valence-corrected chi connectivity index (χ2v) is 4.21. The number of carbonyl (C=O) groups is 1. The van der Waals surface area contributed by atoms with E-state index in [1.807, 2.05) is 6.92 Å². The van der Waals surface area contributed by atoms with Crippen molar-refractivity contribution in [1.29, 1.82) is 0 Å². The molecule has 3 heteroatoms. The Hall–Kier alpha value is -1.51. The van der Waals surface area contributed by atoms with Gasteiger partial charge < -0.3 is 10.1 Å². The molecule has 0 spiro atoms. The lowest BCUT2D eigenvalue weighted by Gasteiger charge is -2.08. The maximum absolute atomic E-state index is 11.1. The summed E-state index contributed by atoms with van der Waals surface area (Å²) in [4.78, 5) is 11.1. The second-order valence-electron chi connectivity index (χ2n) is 4.21. The highest BCUT2D eigenvalue weighted by Crippen LogP contribution is 2.13. The molecule has 0 fully saturated rings. The first kappa shape index (κ1) is 13.6. The number of carbonyl (C=O) groups excluding carboxylic acids is 1. The molecule has 0 aromatic heterocycles. The number of anilines is 1. The first-order chi connectivity index (χ1) is 8.11. The summed E-state index contributed by atoms with van der Waals surface area (Å²) >= 11 is 0. The smallest absolute Gasteiger partial charge is 0.305 e. The summed E-state index contributed by atoms with van der Waals surface area (Å²) in [5.41, 5.74) is 3.61. The zero-order valence-electron chi connectivity index (χ0n) is 10.9. The van der Waals surface area contributed by atoms with Crippen LogP contribution in [0.1, 0.15) is 30.9 Å². The maximum Gasteiger partial charge on any atom is 0.305 e. The van der Waals surface area contributed by atoms with Crippen LogP contribution in [0.4, 0.5) is 5.69 Å². The Morgan fingerprint density at radius 3 is 2.47 bits per heavy atom. The van der Waals surface area contributed by atoms with Crippen LogP contribution >= 0.6 is 0 Å². The molecule has 3 nitrogen and oxygen atoms in total. The second kappa shape index (κ2) is 6.94. The van der Waals surface area contributed by atoms with Crippen molar-refractivity contribution in [2.75, 3.05) is 18.5 Å². The molecule has 0 bridgehead atoms. The Labute approximate surface area is 103 Å². The van der Waals surface area contributed by atoms with Crippen molar-refractivity contribution in [1.82, 2.24) is 0 Å². The summed E-state index contributed by atoms with van der Waals surface area (Å²) in [5, 5.41) is 3.32. The number of aryl methyl sites for hydroxylation is 2. The number of benzene rings is 1. The standard InChI is InChI=1S/C14H21NO2/c1-4-17-14(16)6-5-7-15-13-9-11(2)8-12(3)10-13/h8-10,15H,4-7H2,1-3H3. The van der Waals surface area contributed by atoms with Crippen LogP contribution < -0.4 is 5.32 Å². The molecule has 0 radical (unpaired) electrons. The van der Waals surface area contributed by atoms with Gasteiger partial charge in [-0.3, -0.25) is 4.79 Å². The van der Waals surface area contributed by atoms with Gasteiger partial charge in [-0.25, -0.2) is 0 Å². The van der Waals surface area contributed by atoms with Gasteiger partial charge in [-0.1, -0.05) is 6.07 Å². The Morgan fingerprint density at radius 2 is 1.88 bits per heavy atom. The number of esters is 1. The number of ether oxygens (including phenoxy) is 1. The van der Waals surface area contributed by atoms with Crippen LogP contribution in [-0.2, 0) is 9.53 Å². The number of hydrogen-bond donors (Lipinski definition) is 1. The molecule has 1 N–H and O–H groups in total. The molecular weight excluding hydrogens is 214 g/mol. The molecule has 0 unspecified atom stereocenters. The average molecular weight is 235 g/mol. The molecule has 0 heterocycles. The van der Waals surface area contributed by atoms with Gasteiger partial charge in [0.2, 0.25) is 0 Å². The lowest BCUT2D eigenvalue weighted by atomic mass is 10.1. The van der Waals surface area contributed by atoms with Crippen molar-refractivity contribution < 1.29 is 9.53 Å². The van der Waals surface area contributed by atoms with Gasteiger partial charge in [0.25, 0.3) is 0 Å². The van der Waals surface area contributed by atoms with Crippen molar-refractivity contribution in [3.05, 3.63) is 29.3 Å². The van der Waals surface area contributed by atoms with E-state index in [1.165, 1.54) is 11.1 Å². The van der Waals surface area contributed by atoms with Crippen LogP contribution in [0.3, 0.4) is 0 Å². The molecule has 0 aliphatic carbocycles. The molecule has 0 aliphatic rings. The molecule has 1 aromatic carbocycles. The summed E-state index contributed by atoms with van der Waals surface area (Å²) in [5.74, 6) is -0.116. The Kier molecular flexibility index (Phi) is 5.53. The van der Waals surface area contributed by atoms with Gasteiger partial charge in [0, 0.05) is 18.7 Å². The minimum atomic E-state index is -0.116. The van der Waals surface area contributed by atoms with Crippen molar-refractivity contribution in [2.24, 2.45) is 0 Å². The first-order valence-corrected chi connectivity index (χ1v) is 6.09. The molecular formula is C14H21NO2. The third kappa shape index (κ3) is 5.38. The quantitative estimate of drug-likeness (QED) is 0.608. The van der Waals surface area contributed by atoms with E-state index in [2.05, 4.69) is 37.4 Å². The zero-order valence-corrected chi connectivity index (χ0v) is 10.9. The minimum absolute atomic E-state index is 0.116. The van der Waals surface area contributed by atoms with Crippen molar-refractivity contribution in [3.8, 4) is 0 Å². The van der Waals surface area contributed by atoms with Crippen LogP contribution in [0.5, 0.6) is 0 Å². The molecule has 0 saturated carbocycles. The predicted octanol–water partition coefficient (Wildman–Crippen LogP) is 3.06. The molecule has 0 saturated heterocycles. The lowest BCUT2D eigenvalue weighted by Crippen LogP contribution is -2.08. The van der Waals surface area contributed by atoms with Gasteiger partial charge in [0.05, 0.1) is 6.61 Å². The van der Waals surface area contributed by atoms with E-state index < -0.39 is 0 Å². The highest BCUT2D eigenvalue weighted by Gasteiger charge is 2.01. The number of hydrogen-bond acceptors (Lipinski definition) is 3. The topological polar surface area (TPSA) is 38.3 Å². The van der Waals surface area contributed by atoms with E-state index in [0.29, 0.717) is 13.0 Å². The van der Waals surface area contributed by atoms with Gasteiger partial charge in [-0.2, -0.15) is 0 Å². The van der Waals surface area contributed by atoms with E-state index in [-0.39, 0.29) is 5.97 Å². The summed E-state index contributed by atoms with van der Waals surface area (Å²) in [6.45, 7) is 7.24. The van der Waals surface area contributed by atoms with Crippen LogP contribution in [0, 0.1) is 13.8 Å². The number of rotatable bonds is 6. The van der Waals surface area contributed by atoms with Crippen LogP contribution in [0.15, 0.2) is 18.2 Å².